The van der Waals surface area contributed by atoms with Gasteiger partial charge in [0.25, 0.3) is 5.56 Å². The van der Waals surface area contributed by atoms with Gasteiger partial charge < -0.3 is 15.1 Å². The molecular formula is C26H26N4O5. The number of rotatable bonds is 6. The van der Waals surface area contributed by atoms with Gasteiger partial charge in [0.05, 0.1) is 0 Å². The van der Waals surface area contributed by atoms with Crippen molar-refractivity contribution in [3.8, 4) is 0 Å². The molecule has 0 radical (unpaired) electrons. The van der Waals surface area contributed by atoms with Crippen molar-refractivity contribution in [3.05, 3.63) is 74.9 Å². The Morgan fingerprint density at radius 3 is 2.37 bits per heavy atom. The minimum absolute atomic E-state index is 0.0515. The third kappa shape index (κ3) is 4.49. The fourth-order valence-corrected chi connectivity index (χ4v) is 4.65. The SMILES string of the molecule is Cc1ccc(NC(=O)Cn2c(=O)n(CC(=O)NC3CCCC3)c(=O)c3oc4ccccc4c32)cc1. The predicted octanol–water partition coefficient (Wildman–Crippen LogP) is 2.92. The second-order valence-electron chi connectivity index (χ2n) is 9.00. The van der Waals surface area contributed by atoms with Crippen LogP contribution in [0.2, 0.25) is 0 Å². The maximum atomic E-state index is 13.5. The van der Waals surface area contributed by atoms with E-state index in [0.29, 0.717) is 16.7 Å². The van der Waals surface area contributed by atoms with E-state index >= 15 is 0 Å². The first-order valence-electron chi connectivity index (χ1n) is 11.7. The molecule has 0 atom stereocenters. The van der Waals surface area contributed by atoms with Crippen molar-refractivity contribution in [2.45, 2.75) is 51.7 Å². The number of hydrogen-bond donors (Lipinski definition) is 2. The van der Waals surface area contributed by atoms with Crippen LogP contribution in [-0.2, 0) is 22.7 Å². The number of para-hydroxylation sites is 1. The van der Waals surface area contributed by atoms with Crippen LogP contribution < -0.4 is 21.9 Å². The third-order valence-electron chi connectivity index (χ3n) is 6.40. The maximum Gasteiger partial charge on any atom is 0.332 e. The summed E-state index contributed by atoms with van der Waals surface area (Å²) >= 11 is 0. The van der Waals surface area contributed by atoms with E-state index in [1.54, 1.807) is 36.4 Å². The molecular weight excluding hydrogens is 448 g/mol. The highest BCUT2D eigenvalue weighted by molar-refractivity contribution is 6.03. The summed E-state index contributed by atoms with van der Waals surface area (Å²) in [6.45, 7) is 1.15. The molecule has 0 bridgehead atoms. The van der Waals surface area contributed by atoms with Gasteiger partial charge in [0, 0.05) is 17.1 Å². The van der Waals surface area contributed by atoms with E-state index in [4.69, 9.17) is 4.42 Å². The zero-order valence-electron chi connectivity index (χ0n) is 19.4. The van der Waals surface area contributed by atoms with Gasteiger partial charge in [0.1, 0.15) is 24.2 Å². The average Bonchev–Trinajstić information content (AvgIpc) is 3.49. The number of carbonyl (C=O) groups excluding carboxylic acids is 2. The van der Waals surface area contributed by atoms with Crippen molar-refractivity contribution >= 4 is 39.6 Å². The molecule has 2 aromatic heterocycles. The van der Waals surface area contributed by atoms with Gasteiger partial charge in [-0.15, -0.1) is 0 Å². The molecule has 0 unspecified atom stereocenters. The maximum absolute atomic E-state index is 13.5. The van der Waals surface area contributed by atoms with Crippen LogP contribution in [0.25, 0.3) is 22.1 Å². The quantitative estimate of drug-likeness (QED) is 0.446. The topological polar surface area (TPSA) is 115 Å². The van der Waals surface area contributed by atoms with Crippen LogP contribution in [0.4, 0.5) is 5.69 Å². The summed E-state index contributed by atoms with van der Waals surface area (Å²) in [6, 6.07) is 14.3. The second-order valence-corrected chi connectivity index (χ2v) is 9.00. The van der Waals surface area contributed by atoms with Gasteiger partial charge in [-0.3, -0.25) is 19.0 Å². The molecule has 2 aromatic carbocycles. The smallest absolute Gasteiger partial charge is 0.332 e. The molecule has 9 heteroatoms. The number of aromatic nitrogens is 2. The van der Waals surface area contributed by atoms with Crippen molar-refractivity contribution in [3.63, 3.8) is 0 Å². The Balaban J connectivity index is 1.55. The number of benzene rings is 2. The van der Waals surface area contributed by atoms with E-state index in [2.05, 4.69) is 10.6 Å². The van der Waals surface area contributed by atoms with E-state index in [1.165, 1.54) is 4.57 Å². The molecule has 35 heavy (non-hydrogen) atoms. The lowest BCUT2D eigenvalue weighted by molar-refractivity contribution is -0.122. The Morgan fingerprint density at radius 1 is 0.943 bits per heavy atom. The van der Waals surface area contributed by atoms with Crippen LogP contribution in [-0.4, -0.2) is 27.0 Å². The number of fused-ring (bicyclic) bond motifs is 3. The number of furan rings is 1. The van der Waals surface area contributed by atoms with Crippen LogP contribution >= 0.6 is 0 Å². The van der Waals surface area contributed by atoms with Gasteiger partial charge >= 0.3 is 5.69 Å². The highest BCUT2D eigenvalue weighted by Crippen LogP contribution is 2.25. The van der Waals surface area contributed by atoms with Crippen molar-refractivity contribution in [1.82, 2.24) is 14.5 Å². The highest BCUT2D eigenvalue weighted by Gasteiger charge is 2.24. The van der Waals surface area contributed by atoms with Crippen molar-refractivity contribution in [2.24, 2.45) is 0 Å². The lowest BCUT2D eigenvalue weighted by Gasteiger charge is -2.14. The molecule has 180 valence electrons. The molecule has 0 spiro atoms. The second kappa shape index (κ2) is 9.25. The van der Waals surface area contributed by atoms with Crippen LogP contribution in [0, 0.1) is 6.92 Å². The molecule has 2 amide bonds. The van der Waals surface area contributed by atoms with Crippen LogP contribution in [0.3, 0.4) is 0 Å². The average molecular weight is 475 g/mol. The number of carbonyl (C=O) groups is 2. The van der Waals surface area contributed by atoms with Gasteiger partial charge in [-0.25, -0.2) is 9.36 Å². The fraction of sp³-hybridized carbons (Fsp3) is 0.308. The Hall–Kier alpha value is -4.14. The lowest BCUT2D eigenvalue weighted by Crippen LogP contribution is -2.46. The summed E-state index contributed by atoms with van der Waals surface area (Å²) in [5.74, 6) is -0.856. The number of amides is 2. The van der Waals surface area contributed by atoms with Crippen molar-refractivity contribution in [1.29, 1.82) is 0 Å². The number of nitrogens with one attached hydrogen (secondary N) is 2. The first kappa shape index (κ1) is 22.6. The van der Waals surface area contributed by atoms with Crippen LogP contribution in [0.5, 0.6) is 0 Å². The molecule has 0 aliphatic heterocycles. The lowest BCUT2D eigenvalue weighted by atomic mass is 10.2. The summed E-state index contributed by atoms with van der Waals surface area (Å²) in [7, 11) is 0. The minimum Gasteiger partial charge on any atom is -0.449 e. The number of nitrogens with zero attached hydrogens (tertiary/aromatic N) is 2. The minimum atomic E-state index is -0.741. The highest BCUT2D eigenvalue weighted by atomic mass is 16.3. The Morgan fingerprint density at radius 2 is 1.63 bits per heavy atom. The first-order chi connectivity index (χ1) is 16.9. The summed E-state index contributed by atoms with van der Waals surface area (Å²) in [6.07, 6.45) is 3.84. The van der Waals surface area contributed by atoms with Crippen LogP contribution in [0.15, 0.2) is 62.5 Å². The molecule has 5 rings (SSSR count). The monoisotopic (exact) mass is 474 g/mol. The standard InChI is InChI=1S/C26H26N4O5/c1-16-10-12-18(13-11-16)28-21(31)14-29-23-19-8-4-5-9-20(19)35-24(23)25(33)30(26(29)34)15-22(32)27-17-6-2-3-7-17/h4-5,8-13,17H,2-3,6-7,14-15H2,1H3,(H,27,32)(H,28,31). The normalized spacial score (nSPS) is 14.0. The van der Waals surface area contributed by atoms with E-state index in [0.717, 1.165) is 35.8 Å². The molecule has 1 saturated carbocycles. The Kier molecular flexibility index (Phi) is 5.98. The Labute approximate surface area is 200 Å². The van der Waals surface area contributed by atoms with E-state index in [1.807, 2.05) is 19.1 Å². The molecule has 0 saturated heterocycles. The number of anilines is 1. The molecule has 4 aromatic rings. The fourth-order valence-electron chi connectivity index (χ4n) is 4.65. The van der Waals surface area contributed by atoms with Crippen LogP contribution in [0.1, 0.15) is 31.2 Å². The van der Waals surface area contributed by atoms with Gasteiger partial charge in [-0.2, -0.15) is 0 Å². The zero-order valence-corrected chi connectivity index (χ0v) is 19.4. The van der Waals surface area contributed by atoms with Gasteiger partial charge in [-0.05, 0) is 44.0 Å². The summed E-state index contributed by atoms with van der Waals surface area (Å²) in [5.41, 5.74) is 0.789. The van der Waals surface area contributed by atoms with Gasteiger partial charge in [0.2, 0.25) is 17.4 Å². The molecule has 9 nitrogen and oxygen atoms in total. The summed E-state index contributed by atoms with van der Waals surface area (Å²) in [4.78, 5) is 52.3. The molecule has 1 fully saturated rings. The molecule has 2 heterocycles. The molecule has 2 N–H and O–H groups in total. The van der Waals surface area contributed by atoms with Crippen molar-refractivity contribution in [2.75, 3.05) is 5.32 Å². The zero-order chi connectivity index (χ0) is 24.5. The summed E-state index contributed by atoms with van der Waals surface area (Å²) < 4.78 is 7.84. The Bertz CT molecular complexity index is 1540. The van der Waals surface area contributed by atoms with Gasteiger partial charge in [-0.1, -0.05) is 42.7 Å². The molecule has 1 aliphatic carbocycles. The van der Waals surface area contributed by atoms with E-state index < -0.39 is 29.6 Å². The number of aryl methyl sites for hydroxylation is 1. The predicted molar refractivity (Wildman–Crippen MR) is 132 cm³/mol. The third-order valence-corrected chi connectivity index (χ3v) is 6.40. The first-order valence-corrected chi connectivity index (χ1v) is 11.7. The largest absolute Gasteiger partial charge is 0.449 e. The molecule has 1 aliphatic rings. The number of hydrogen-bond acceptors (Lipinski definition) is 5. The van der Waals surface area contributed by atoms with Crippen molar-refractivity contribution < 1.29 is 14.0 Å². The summed E-state index contributed by atoms with van der Waals surface area (Å²) in [5, 5.41) is 6.22. The van der Waals surface area contributed by atoms with E-state index in [-0.39, 0.29) is 23.7 Å². The van der Waals surface area contributed by atoms with Gasteiger partial charge in [0.15, 0.2) is 0 Å². The van der Waals surface area contributed by atoms with E-state index in [9.17, 15) is 19.2 Å².